The third-order valence-corrected chi connectivity index (χ3v) is 2.90. The Labute approximate surface area is 139 Å². The zero-order valence-corrected chi connectivity index (χ0v) is 12.8. The second-order valence-corrected chi connectivity index (χ2v) is 4.34. The first-order valence-corrected chi connectivity index (χ1v) is 6.47. The number of carboxylic acid groups (broad SMARTS) is 1. The molecule has 2 aromatic carbocycles. The number of hydrogen-bond acceptors (Lipinski definition) is 2. The number of rotatable bonds is 2. The summed E-state index contributed by atoms with van der Waals surface area (Å²) in [7, 11) is 0. The van der Waals surface area contributed by atoms with Gasteiger partial charge in [-0.3, -0.25) is 0 Å². The third-order valence-electron chi connectivity index (χ3n) is 2.90. The molecule has 3 nitrogen and oxygen atoms in total. The van der Waals surface area contributed by atoms with Crippen LogP contribution in [0.3, 0.4) is 0 Å². The quantitative estimate of drug-likeness (QED) is 0.497. The van der Waals surface area contributed by atoms with Gasteiger partial charge >= 0.3 is 5.97 Å². The second kappa shape index (κ2) is 8.78. The summed E-state index contributed by atoms with van der Waals surface area (Å²) in [5, 5.41) is 18.9. The minimum atomic E-state index is -1.04. The molecule has 4 heteroatoms. The fourth-order valence-corrected chi connectivity index (χ4v) is 1.89. The van der Waals surface area contributed by atoms with Crippen molar-refractivity contribution in [3.63, 3.8) is 0 Å². The van der Waals surface area contributed by atoms with Gasteiger partial charge in [0.05, 0.1) is 5.57 Å². The Morgan fingerprint density at radius 3 is 2.09 bits per heavy atom. The van der Waals surface area contributed by atoms with Gasteiger partial charge in [-0.25, -0.2) is 16.9 Å². The molecule has 0 saturated heterocycles. The molecule has 0 heterocycles. The summed E-state index contributed by atoms with van der Waals surface area (Å²) in [4.78, 5) is 10.9. The average Bonchev–Trinajstić information content (AvgIpc) is 3.21. The van der Waals surface area contributed by atoms with Crippen LogP contribution in [0.1, 0.15) is 5.56 Å². The van der Waals surface area contributed by atoms with Crippen LogP contribution in [0.15, 0.2) is 90.0 Å². The van der Waals surface area contributed by atoms with Crippen molar-refractivity contribution in [3.05, 3.63) is 95.6 Å². The van der Waals surface area contributed by atoms with Gasteiger partial charge < -0.3 is 10.2 Å². The average molecular weight is 335 g/mol. The Morgan fingerprint density at radius 2 is 1.59 bits per heavy atom. The number of benzene rings is 1. The van der Waals surface area contributed by atoms with E-state index < -0.39 is 5.97 Å². The molecule has 0 fully saturated rings. The number of hydrogen-bond donors (Lipinski definition) is 2. The van der Waals surface area contributed by atoms with Gasteiger partial charge in [0.25, 0.3) is 0 Å². The summed E-state index contributed by atoms with van der Waals surface area (Å²) in [6, 6.07) is 18.9. The van der Waals surface area contributed by atoms with Crippen molar-refractivity contribution >= 4 is 11.7 Å². The molecule has 0 spiro atoms. The SMILES string of the molecule is O=C(O)C1=CC=C/C1=C(/O)c1ccccc1.[Fe].c1cc[cH-]c1. The number of aliphatic hydroxyl groups excluding tert-OH is 1. The number of aliphatic carboxylic acids is 1. The molecule has 2 N–H and O–H groups in total. The normalized spacial score (nSPS) is 14.3. The fourth-order valence-electron chi connectivity index (χ4n) is 1.89. The van der Waals surface area contributed by atoms with Crippen LogP contribution in [0, 0.1) is 0 Å². The van der Waals surface area contributed by atoms with E-state index in [9.17, 15) is 9.90 Å². The van der Waals surface area contributed by atoms with Crippen LogP contribution >= 0.6 is 0 Å². The Balaban J connectivity index is 0.000000344. The third kappa shape index (κ3) is 4.55. The van der Waals surface area contributed by atoms with Crippen molar-refractivity contribution in [2.45, 2.75) is 0 Å². The predicted molar refractivity (Wildman–Crippen MR) is 82.9 cm³/mol. The first-order chi connectivity index (χ1) is 10.2. The maximum absolute atomic E-state index is 10.9. The van der Waals surface area contributed by atoms with E-state index in [1.165, 1.54) is 6.08 Å². The van der Waals surface area contributed by atoms with Crippen LogP contribution < -0.4 is 0 Å². The molecule has 0 unspecified atom stereocenters. The van der Waals surface area contributed by atoms with Crippen molar-refractivity contribution in [2.75, 3.05) is 0 Å². The molecule has 0 amide bonds. The number of aliphatic hydroxyl groups is 1. The van der Waals surface area contributed by atoms with Crippen molar-refractivity contribution < 1.29 is 32.1 Å². The van der Waals surface area contributed by atoms with Crippen molar-refractivity contribution in [1.82, 2.24) is 0 Å². The molecule has 0 bridgehead atoms. The van der Waals surface area contributed by atoms with Gasteiger partial charge in [0.1, 0.15) is 5.76 Å². The fraction of sp³-hybridized carbons (Fsp3) is 0. The summed E-state index contributed by atoms with van der Waals surface area (Å²) in [6.07, 6.45) is 4.67. The monoisotopic (exact) mass is 335 g/mol. The van der Waals surface area contributed by atoms with Gasteiger partial charge in [0.15, 0.2) is 0 Å². The van der Waals surface area contributed by atoms with Gasteiger partial charge in [-0.15, -0.1) is 0 Å². The molecule has 22 heavy (non-hydrogen) atoms. The Hall–Kier alpha value is -2.42. The van der Waals surface area contributed by atoms with Crippen LogP contribution in [-0.2, 0) is 21.9 Å². The number of allylic oxidation sites excluding steroid dienone is 3. The molecule has 2 aromatic rings. The second-order valence-electron chi connectivity index (χ2n) is 4.34. The van der Waals surface area contributed by atoms with Gasteiger partial charge in [0, 0.05) is 28.2 Å². The zero-order chi connectivity index (χ0) is 15.1. The molecule has 1 aliphatic rings. The van der Waals surface area contributed by atoms with Gasteiger partial charge in [-0.1, -0.05) is 42.5 Å². The molecule has 114 valence electrons. The molecule has 1 aliphatic carbocycles. The maximum Gasteiger partial charge on any atom is 0.336 e. The topological polar surface area (TPSA) is 57.5 Å². The first kappa shape index (κ1) is 17.6. The van der Waals surface area contributed by atoms with E-state index >= 15 is 0 Å². The van der Waals surface area contributed by atoms with Crippen LogP contribution in [-0.4, -0.2) is 16.2 Å². The van der Waals surface area contributed by atoms with E-state index in [4.69, 9.17) is 5.11 Å². The van der Waals surface area contributed by atoms with E-state index in [0.717, 1.165) is 0 Å². The smallest absolute Gasteiger partial charge is 0.336 e. The minimum absolute atomic E-state index is 0. The van der Waals surface area contributed by atoms with Crippen molar-refractivity contribution in [2.24, 2.45) is 0 Å². The van der Waals surface area contributed by atoms with Gasteiger partial charge in [-0.05, 0) is 6.08 Å². The largest absolute Gasteiger partial charge is 0.507 e. The van der Waals surface area contributed by atoms with E-state index in [2.05, 4.69) is 0 Å². The zero-order valence-electron chi connectivity index (χ0n) is 11.7. The Morgan fingerprint density at radius 1 is 0.955 bits per heavy atom. The standard InChI is InChI=1S/C13H10O3.C5H5.Fe/c14-12(9-5-2-1-3-6-9)10-7-4-8-11(10)13(15)16;1-2-4-5-3-1;/h1-8,14H,(H,15,16);1-5H;/q;-1;/b12-10-;;. The summed E-state index contributed by atoms with van der Waals surface area (Å²) < 4.78 is 0. The van der Waals surface area contributed by atoms with E-state index in [-0.39, 0.29) is 28.4 Å². The molecule has 3 rings (SSSR count). The molecular weight excluding hydrogens is 320 g/mol. The Bertz CT molecular complexity index is 663. The summed E-state index contributed by atoms with van der Waals surface area (Å²) >= 11 is 0. The molecular formula is C18H15FeO3-. The van der Waals surface area contributed by atoms with Crippen LogP contribution in [0.5, 0.6) is 0 Å². The van der Waals surface area contributed by atoms with Gasteiger partial charge in [0.2, 0.25) is 0 Å². The summed E-state index contributed by atoms with van der Waals surface area (Å²) in [5.74, 6) is -1.05. The maximum atomic E-state index is 10.9. The van der Waals surface area contributed by atoms with Crippen molar-refractivity contribution in [3.8, 4) is 0 Å². The first-order valence-electron chi connectivity index (χ1n) is 6.47. The van der Waals surface area contributed by atoms with E-state index in [0.29, 0.717) is 11.1 Å². The molecule has 0 saturated carbocycles. The number of carbonyl (C=O) groups is 1. The Kier molecular flexibility index (Phi) is 7.03. The van der Waals surface area contributed by atoms with E-state index in [1.807, 2.05) is 36.4 Å². The number of carboxylic acids is 1. The van der Waals surface area contributed by atoms with Crippen LogP contribution in [0.4, 0.5) is 0 Å². The molecule has 0 radical (unpaired) electrons. The van der Waals surface area contributed by atoms with Crippen molar-refractivity contribution in [1.29, 1.82) is 0 Å². The molecule has 0 aliphatic heterocycles. The molecule has 0 aromatic heterocycles. The van der Waals surface area contributed by atoms with E-state index in [1.54, 1.807) is 36.4 Å². The van der Waals surface area contributed by atoms with Gasteiger partial charge in [-0.2, -0.15) is 18.2 Å². The van der Waals surface area contributed by atoms with Crippen LogP contribution in [0.25, 0.3) is 5.76 Å². The minimum Gasteiger partial charge on any atom is -0.507 e. The summed E-state index contributed by atoms with van der Waals surface area (Å²) in [6.45, 7) is 0. The predicted octanol–water partition coefficient (Wildman–Crippen LogP) is 3.94. The van der Waals surface area contributed by atoms with Crippen LogP contribution in [0.2, 0.25) is 0 Å². The molecule has 0 atom stereocenters. The summed E-state index contributed by atoms with van der Waals surface area (Å²) in [5.41, 5.74) is 1.07.